The van der Waals surface area contributed by atoms with E-state index in [9.17, 15) is 0 Å². The monoisotopic (exact) mass is 274 g/mol. The normalized spacial score (nSPS) is 16.7. The second-order valence-corrected chi connectivity index (χ2v) is 6.08. The van der Waals surface area contributed by atoms with E-state index in [0.29, 0.717) is 5.92 Å². The van der Waals surface area contributed by atoms with Crippen LogP contribution in [-0.4, -0.2) is 0 Å². The van der Waals surface area contributed by atoms with Crippen LogP contribution in [0.4, 0.5) is 0 Å². The molecule has 0 saturated carbocycles. The molecular formula is C21H22. The van der Waals surface area contributed by atoms with Crippen LogP contribution in [0.5, 0.6) is 0 Å². The number of aryl methyl sites for hydroxylation is 2. The van der Waals surface area contributed by atoms with E-state index in [1.165, 1.54) is 38.9 Å². The molecule has 2 aromatic carbocycles. The highest BCUT2D eigenvalue weighted by Crippen LogP contribution is 2.34. The van der Waals surface area contributed by atoms with Gasteiger partial charge in [-0.3, -0.25) is 0 Å². The number of benzene rings is 2. The predicted octanol–water partition coefficient (Wildman–Crippen LogP) is 5.97. The molecule has 0 N–H and O–H groups in total. The lowest BCUT2D eigenvalue weighted by molar-refractivity contribution is 0.965. The zero-order valence-electron chi connectivity index (χ0n) is 13.3. The lowest BCUT2D eigenvalue weighted by atomic mass is 9.87. The molecule has 0 nitrogen and oxygen atoms in total. The molecule has 0 heterocycles. The summed E-state index contributed by atoms with van der Waals surface area (Å²) in [5, 5.41) is 0. The SMILES string of the molecule is Cc1cc2c(cc1-c1cccc(C)c1C)C(C)C=CC=C2. The molecule has 0 spiro atoms. The van der Waals surface area contributed by atoms with Gasteiger partial charge in [0.2, 0.25) is 0 Å². The van der Waals surface area contributed by atoms with Gasteiger partial charge in [-0.15, -0.1) is 0 Å². The van der Waals surface area contributed by atoms with E-state index in [-0.39, 0.29) is 0 Å². The Morgan fingerprint density at radius 3 is 2.48 bits per heavy atom. The van der Waals surface area contributed by atoms with E-state index >= 15 is 0 Å². The Kier molecular flexibility index (Phi) is 3.55. The predicted molar refractivity (Wildman–Crippen MR) is 92.7 cm³/mol. The summed E-state index contributed by atoms with van der Waals surface area (Å²) in [6.07, 6.45) is 8.77. The zero-order valence-corrected chi connectivity index (χ0v) is 13.3. The fraction of sp³-hybridized carbons (Fsp3) is 0.238. The summed E-state index contributed by atoms with van der Waals surface area (Å²) in [6, 6.07) is 11.3. The van der Waals surface area contributed by atoms with Gasteiger partial charge in [-0.05, 0) is 71.7 Å². The summed E-state index contributed by atoms with van der Waals surface area (Å²) in [7, 11) is 0. The van der Waals surface area contributed by atoms with Gasteiger partial charge in [0.05, 0.1) is 0 Å². The Balaban J connectivity index is 2.23. The van der Waals surface area contributed by atoms with Gasteiger partial charge in [-0.1, -0.05) is 55.5 Å². The van der Waals surface area contributed by atoms with Crippen molar-refractivity contribution in [2.24, 2.45) is 0 Å². The van der Waals surface area contributed by atoms with E-state index in [1.807, 2.05) is 0 Å². The standard InChI is InChI=1S/C21H22/c1-14-9-7-11-19(17(14)4)21-13-20-15(2)8-5-6-10-18(20)12-16(21)3/h5-13,15H,1-4H3. The molecule has 1 aliphatic carbocycles. The summed E-state index contributed by atoms with van der Waals surface area (Å²) < 4.78 is 0. The maximum absolute atomic E-state index is 2.39. The van der Waals surface area contributed by atoms with Gasteiger partial charge < -0.3 is 0 Å². The van der Waals surface area contributed by atoms with Gasteiger partial charge in [-0.25, -0.2) is 0 Å². The quantitative estimate of drug-likeness (QED) is 0.601. The average molecular weight is 274 g/mol. The lowest BCUT2D eigenvalue weighted by Gasteiger charge is -2.17. The molecule has 0 fully saturated rings. The molecule has 0 amide bonds. The van der Waals surface area contributed by atoms with Crippen molar-refractivity contribution in [3.8, 4) is 11.1 Å². The van der Waals surface area contributed by atoms with Gasteiger partial charge in [0, 0.05) is 0 Å². The van der Waals surface area contributed by atoms with Crippen molar-refractivity contribution < 1.29 is 0 Å². The molecule has 106 valence electrons. The van der Waals surface area contributed by atoms with E-state index in [4.69, 9.17) is 0 Å². The maximum Gasteiger partial charge on any atom is -0.000116 e. The fourth-order valence-corrected chi connectivity index (χ4v) is 3.11. The van der Waals surface area contributed by atoms with E-state index in [1.54, 1.807) is 0 Å². The van der Waals surface area contributed by atoms with Crippen LogP contribution in [0.15, 0.2) is 48.6 Å². The second kappa shape index (κ2) is 5.37. The molecule has 0 radical (unpaired) electrons. The summed E-state index contributed by atoms with van der Waals surface area (Å²) in [6.45, 7) is 8.89. The van der Waals surface area contributed by atoms with Crippen molar-refractivity contribution in [3.05, 3.63) is 76.4 Å². The second-order valence-electron chi connectivity index (χ2n) is 6.08. The molecule has 2 aromatic rings. The van der Waals surface area contributed by atoms with Gasteiger partial charge in [-0.2, -0.15) is 0 Å². The molecule has 1 unspecified atom stereocenters. The van der Waals surface area contributed by atoms with Crippen molar-refractivity contribution in [1.29, 1.82) is 0 Å². The van der Waals surface area contributed by atoms with Crippen LogP contribution in [0.2, 0.25) is 0 Å². The Morgan fingerprint density at radius 1 is 0.857 bits per heavy atom. The summed E-state index contributed by atoms with van der Waals surface area (Å²) in [4.78, 5) is 0. The Labute approximate surface area is 127 Å². The highest BCUT2D eigenvalue weighted by atomic mass is 14.2. The third-order valence-electron chi connectivity index (χ3n) is 4.60. The van der Waals surface area contributed by atoms with Crippen LogP contribution in [0.3, 0.4) is 0 Å². The molecule has 0 bridgehead atoms. The highest BCUT2D eigenvalue weighted by molar-refractivity contribution is 5.75. The Hall–Kier alpha value is -2.08. The number of hydrogen-bond donors (Lipinski definition) is 0. The number of hydrogen-bond acceptors (Lipinski definition) is 0. The third-order valence-corrected chi connectivity index (χ3v) is 4.60. The van der Waals surface area contributed by atoms with Gasteiger partial charge in [0.1, 0.15) is 0 Å². The largest absolute Gasteiger partial charge is 0.0773 e. The summed E-state index contributed by atoms with van der Waals surface area (Å²) >= 11 is 0. The van der Waals surface area contributed by atoms with Gasteiger partial charge >= 0.3 is 0 Å². The molecule has 1 aliphatic rings. The van der Waals surface area contributed by atoms with Crippen LogP contribution in [0.25, 0.3) is 17.2 Å². The van der Waals surface area contributed by atoms with Crippen LogP contribution >= 0.6 is 0 Å². The lowest BCUT2D eigenvalue weighted by Crippen LogP contribution is -1.97. The molecule has 0 saturated heterocycles. The molecule has 21 heavy (non-hydrogen) atoms. The van der Waals surface area contributed by atoms with Crippen LogP contribution in [0.1, 0.15) is 40.7 Å². The maximum atomic E-state index is 2.39. The van der Waals surface area contributed by atoms with Crippen LogP contribution in [0, 0.1) is 20.8 Å². The van der Waals surface area contributed by atoms with Crippen molar-refractivity contribution in [3.63, 3.8) is 0 Å². The highest BCUT2D eigenvalue weighted by Gasteiger charge is 2.14. The third kappa shape index (κ3) is 2.47. The molecule has 0 aliphatic heterocycles. The first-order valence-corrected chi connectivity index (χ1v) is 7.64. The van der Waals surface area contributed by atoms with E-state index in [0.717, 1.165) is 0 Å². The fourth-order valence-electron chi connectivity index (χ4n) is 3.11. The minimum atomic E-state index is 0.458. The summed E-state index contributed by atoms with van der Waals surface area (Å²) in [5.41, 5.74) is 9.58. The first-order chi connectivity index (χ1) is 10.1. The van der Waals surface area contributed by atoms with Crippen LogP contribution < -0.4 is 0 Å². The molecule has 0 heteroatoms. The number of rotatable bonds is 1. The average Bonchev–Trinajstić information content (AvgIpc) is 2.63. The van der Waals surface area contributed by atoms with Crippen molar-refractivity contribution >= 4 is 6.08 Å². The zero-order chi connectivity index (χ0) is 15.0. The van der Waals surface area contributed by atoms with Crippen molar-refractivity contribution in [2.45, 2.75) is 33.6 Å². The minimum absolute atomic E-state index is 0.458. The van der Waals surface area contributed by atoms with Crippen LogP contribution in [-0.2, 0) is 0 Å². The summed E-state index contributed by atoms with van der Waals surface area (Å²) in [5.74, 6) is 0.458. The Bertz CT molecular complexity index is 745. The van der Waals surface area contributed by atoms with Crippen molar-refractivity contribution in [1.82, 2.24) is 0 Å². The van der Waals surface area contributed by atoms with Gasteiger partial charge in [0.15, 0.2) is 0 Å². The minimum Gasteiger partial charge on any atom is -0.0773 e. The topological polar surface area (TPSA) is 0 Å². The molecule has 1 atom stereocenters. The molecular weight excluding hydrogens is 252 g/mol. The molecule has 0 aromatic heterocycles. The number of allylic oxidation sites excluding steroid dienone is 3. The van der Waals surface area contributed by atoms with E-state index < -0.39 is 0 Å². The Morgan fingerprint density at radius 2 is 1.67 bits per heavy atom. The first kappa shape index (κ1) is 13.9. The molecule has 3 rings (SSSR count). The number of fused-ring (bicyclic) bond motifs is 1. The van der Waals surface area contributed by atoms with E-state index in [2.05, 4.69) is 82.3 Å². The smallest absolute Gasteiger partial charge is 0.000116 e. The van der Waals surface area contributed by atoms with Gasteiger partial charge in [0.25, 0.3) is 0 Å². The van der Waals surface area contributed by atoms with Crippen molar-refractivity contribution in [2.75, 3.05) is 0 Å². The first-order valence-electron chi connectivity index (χ1n) is 7.64.